The highest BCUT2D eigenvalue weighted by atomic mass is 16.5. The SMILES string of the molecule is COc1ccc(C#N)cc1COC1CCOC1. The molecule has 1 unspecified atom stereocenters. The Hall–Kier alpha value is -1.57. The predicted molar refractivity (Wildman–Crippen MR) is 61.7 cm³/mol. The fraction of sp³-hybridized carbons (Fsp3) is 0.462. The van der Waals surface area contributed by atoms with E-state index in [-0.39, 0.29) is 6.10 Å². The van der Waals surface area contributed by atoms with Crippen LogP contribution in [0.4, 0.5) is 0 Å². The quantitative estimate of drug-likeness (QED) is 0.796. The molecule has 0 N–H and O–H groups in total. The van der Waals surface area contributed by atoms with Gasteiger partial charge in [-0.05, 0) is 24.6 Å². The summed E-state index contributed by atoms with van der Waals surface area (Å²) in [5.41, 5.74) is 1.52. The van der Waals surface area contributed by atoms with E-state index in [1.165, 1.54) is 0 Å². The summed E-state index contributed by atoms with van der Waals surface area (Å²) in [6, 6.07) is 7.44. The molecule has 2 rings (SSSR count). The highest BCUT2D eigenvalue weighted by Crippen LogP contribution is 2.22. The Morgan fingerprint density at radius 2 is 2.41 bits per heavy atom. The zero-order valence-corrected chi connectivity index (χ0v) is 9.81. The molecule has 0 bridgehead atoms. The molecule has 0 saturated carbocycles. The molecular formula is C13H15NO3. The molecule has 1 fully saturated rings. The first-order chi connectivity index (χ1) is 8.33. The van der Waals surface area contributed by atoms with Gasteiger partial charge in [-0.3, -0.25) is 0 Å². The van der Waals surface area contributed by atoms with Gasteiger partial charge in [-0.2, -0.15) is 5.26 Å². The van der Waals surface area contributed by atoms with Crippen molar-refractivity contribution in [3.8, 4) is 11.8 Å². The van der Waals surface area contributed by atoms with Crippen molar-refractivity contribution >= 4 is 0 Å². The van der Waals surface area contributed by atoms with Crippen LogP contribution >= 0.6 is 0 Å². The van der Waals surface area contributed by atoms with Crippen LogP contribution in [0.15, 0.2) is 18.2 Å². The van der Waals surface area contributed by atoms with Crippen molar-refractivity contribution in [2.24, 2.45) is 0 Å². The van der Waals surface area contributed by atoms with Gasteiger partial charge in [0.2, 0.25) is 0 Å². The molecule has 1 aromatic carbocycles. The average Bonchev–Trinajstić information content (AvgIpc) is 2.89. The zero-order valence-electron chi connectivity index (χ0n) is 9.81. The largest absolute Gasteiger partial charge is 0.496 e. The second kappa shape index (κ2) is 5.67. The average molecular weight is 233 g/mol. The van der Waals surface area contributed by atoms with E-state index in [9.17, 15) is 0 Å². The topological polar surface area (TPSA) is 51.5 Å². The Morgan fingerprint density at radius 1 is 1.53 bits per heavy atom. The molecule has 90 valence electrons. The first kappa shape index (κ1) is 11.9. The lowest BCUT2D eigenvalue weighted by Crippen LogP contribution is -2.12. The van der Waals surface area contributed by atoms with Gasteiger partial charge in [-0.15, -0.1) is 0 Å². The summed E-state index contributed by atoms with van der Waals surface area (Å²) in [5.74, 6) is 0.753. The minimum atomic E-state index is 0.158. The molecule has 4 nitrogen and oxygen atoms in total. The molecule has 0 amide bonds. The lowest BCUT2D eigenvalue weighted by Gasteiger charge is -2.12. The standard InChI is InChI=1S/C13H15NO3/c1-15-13-3-2-10(7-14)6-11(13)8-17-12-4-5-16-9-12/h2-3,6,12H,4-5,8-9H2,1H3. The molecule has 1 atom stereocenters. The summed E-state index contributed by atoms with van der Waals surface area (Å²) in [6.45, 7) is 1.87. The van der Waals surface area contributed by atoms with E-state index in [1.807, 2.05) is 0 Å². The van der Waals surface area contributed by atoms with Gasteiger partial charge in [0, 0.05) is 12.2 Å². The Balaban J connectivity index is 2.04. The molecule has 1 aliphatic rings. The number of hydrogen-bond donors (Lipinski definition) is 0. The maximum Gasteiger partial charge on any atom is 0.124 e. The van der Waals surface area contributed by atoms with Crippen molar-refractivity contribution in [3.63, 3.8) is 0 Å². The summed E-state index contributed by atoms with van der Waals surface area (Å²) >= 11 is 0. The number of hydrogen-bond acceptors (Lipinski definition) is 4. The van der Waals surface area contributed by atoms with Crippen molar-refractivity contribution in [1.82, 2.24) is 0 Å². The van der Waals surface area contributed by atoms with Gasteiger partial charge in [0.15, 0.2) is 0 Å². The van der Waals surface area contributed by atoms with Gasteiger partial charge in [0.25, 0.3) is 0 Å². The van der Waals surface area contributed by atoms with Crippen molar-refractivity contribution in [2.75, 3.05) is 20.3 Å². The normalized spacial score (nSPS) is 18.9. The second-order valence-corrected chi connectivity index (χ2v) is 3.94. The van der Waals surface area contributed by atoms with Crippen LogP contribution in [0.2, 0.25) is 0 Å². The van der Waals surface area contributed by atoms with E-state index in [2.05, 4.69) is 6.07 Å². The number of ether oxygens (including phenoxy) is 3. The highest BCUT2D eigenvalue weighted by Gasteiger charge is 2.16. The molecule has 0 aromatic heterocycles. The number of methoxy groups -OCH3 is 1. The van der Waals surface area contributed by atoms with Crippen LogP contribution in [0.3, 0.4) is 0 Å². The van der Waals surface area contributed by atoms with E-state index in [0.717, 1.165) is 24.3 Å². The van der Waals surface area contributed by atoms with E-state index in [4.69, 9.17) is 19.5 Å². The summed E-state index contributed by atoms with van der Waals surface area (Å²) in [4.78, 5) is 0. The molecule has 1 aliphatic heterocycles. The Labute approximate surface area is 101 Å². The van der Waals surface area contributed by atoms with Crippen molar-refractivity contribution < 1.29 is 14.2 Å². The van der Waals surface area contributed by atoms with Crippen LogP contribution in [0, 0.1) is 11.3 Å². The second-order valence-electron chi connectivity index (χ2n) is 3.94. The van der Waals surface area contributed by atoms with Crippen molar-refractivity contribution in [2.45, 2.75) is 19.1 Å². The molecule has 4 heteroatoms. The van der Waals surface area contributed by atoms with Crippen molar-refractivity contribution in [3.05, 3.63) is 29.3 Å². The van der Waals surface area contributed by atoms with E-state index < -0.39 is 0 Å². The highest BCUT2D eigenvalue weighted by molar-refractivity contribution is 5.41. The molecule has 0 aliphatic carbocycles. The van der Waals surface area contributed by atoms with Crippen LogP contribution in [-0.2, 0) is 16.1 Å². The number of nitrogens with zero attached hydrogens (tertiary/aromatic N) is 1. The molecule has 1 saturated heterocycles. The summed E-state index contributed by atoms with van der Waals surface area (Å²) in [7, 11) is 1.61. The van der Waals surface area contributed by atoms with Crippen LogP contribution in [0.25, 0.3) is 0 Å². The van der Waals surface area contributed by atoms with Crippen LogP contribution in [-0.4, -0.2) is 26.4 Å². The maximum atomic E-state index is 8.85. The van der Waals surface area contributed by atoms with Gasteiger partial charge < -0.3 is 14.2 Å². The van der Waals surface area contributed by atoms with Crippen LogP contribution in [0.1, 0.15) is 17.5 Å². The third-order valence-corrected chi connectivity index (χ3v) is 2.77. The Morgan fingerprint density at radius 3 is 3.06 bits per heavy atom. The van der Waals surface area contributed by atoms with Crippen LogP contribution < -0.4 is 4.74 Å². The Kier molecular flexibility index (Phi) is 3.97. The monoisotopic (exact) mass is 233 g/mol. The lowest BCUT2D eigenvalue weighted by molar-refractivity contribution is 0.0309. The van der Waals surface area contributed by atoms with Gasteiger partial charge in [-0.25, -0.2) is 0 Å². The molecule has 17 heavy (non-hydrogen) atoms. The summed E-state index contributed by atoms with van der Waals surface area (Å²) in [6.07, 6.45) is 1.09. The fourth-order valence-corrected chi connectivity index (χ4v) is 1.81. The number of rotatable bonds is 4. The van der Waals surface area contributed by atoms with Crippen molar-refractivity contribution in [1.29, 1.82) is 5.26 Å². The molecule has 0 spiro atoms. The first-order valence-electron chi connectivity index (χ1n) is 5.60. The van der Waals surface area contributed by atoms with E-state index in [0.29, 0.717) is 18.8 Å². The van der Waals surface area contributed by atoms with Gasteiger partial charge in [-0.1, -0.05) is 0 Å². The molecule has 0 radical (unpaired) electrons. The Bertz CT molecular complexity index is 419. The predicted octanol–water partition coefficient (Wildman–Crippen LogP) is 1.87. The third-order valence-electron chi connectivity index (χ3n) is 2.77. The molecule has 1 aromatic rings. The summed E-state index contributed by atoms with van der Waals surface area (Å²) in [5, 5.41) is 8.85. The third kappa shape index (κ3) is 2.96. The van der Waals surface area contributed by atoms with E-state index >= 15 is 0 Å². The maximum absolute atomic E-state index is 8.85. The van der Waals surface area contributed by atoms with Gasteiger partial charge in [0.1, 0.15) is 5.75 Å². The van der Waals surface area contributed by atoms with Crippen LogP contribution in [0.5, 0.6) is 5.75 Å². The fourth-order valence-electron chi connectivity index (χ4n) is 1.81. The smallest absolute Gasteiger partial charge is 0.124 e. The number of nitriles is 1. The minimum absolute atomic E-state index is 0.158. The van der Waals surface area contributed by atoms with E-state index in [1.54, 1.807) is 25.3 Å². The summed E-state index contributed by atoms with van der Waals surface area (Å²) < 4.78 is 16.2. The first-order valence-corrected chi connectivity index (χ1v) is 5.60. The lowest BCUT2D eigenvalue weighted by atomic mass is 10.1. The minimum Gasteiger partial charge on any atom is -0.496 e. The van der Waals surface area contributed by atoms with Gasteiger partial charge in [0.05, 0.1) is 38.1 Å². The molecular weight excluding hydrogens is 218 g/mol. The van der Waals surface area contributed by atoms with Gasteiger partial charge >= 0.3 is 0 Å². The number of benzene rings is 1. The zero-order chi connectivity index (χ0) is 12.1. The molecule has 1 heterocycles.